The number of anilines is 2. The van der Waals surface area contributed by atoms with Gasteiger partial charge in [0, 0.05) is 24.5 Å². The van der Waals surface area contributed by atoms with Gasteiger partial charge in [-0.25, -0.2) is 0 Å². The molecule has 0 atom stereocenters. The van der Waals surface area contributed by atoms with Gasteiger partial charge in [-0.2, -0.15) is 0 Å². The number of carbonyl (C=O) groups excluding carboxylic acids is 1. The highest BCUT2D eigenvalue weighted by molar-refractivity contribution is 5.99. The molecule has 0 unspecified atom stereocenters. The number of nitrogens with two attached hydrogens (primary N) is 2. The Morgan fingerprint density at radius 1 is 1.39 bits per heavy atom. The van der Waals surface area contributed by atoms with E-state index < -0.39 is 11.5 Å². The standard InChI is InChI=1S/C13H19N3O2/c1-13(18)4-6-16(7-5-13)11-3-2-9(14)8-10(11)12(15)17/h2-3,8,18H,4-7,14H2,1H3,(H2,15,17). The molecule has 18 heavy (non-hydrogen) atoms. The lowest BCUT2D eigenvalue weighted by Crippen LogP contribution is -2.43. The Morgan fingerprint density at radius 2 is 2.00 bits per heavy atom. The average molecular weight is 249 g/mol. The van der Waals surface area contributed by atoms with Gasteiger partial charge < -0.3 is 21.5 Å². The zero-order chi connectivity index (χ0) is 13.3. The third-order valence-electron chi connectivity index (χ3n) is 3.47. The second-order valence-electron chi connectivity index (χ2n) is 5.12. The summed E-state index contributed by atoms with van der Waals surface area (Å²) in [5.74, 6) is -0.477. The molecule has 0 aromatic heterocycles. The minimum atomic E-state index is -0.614. The largest absolute Gasteiger partial charge is 0.399 e. The normalized spacial score (nSPS) is 18.7. The number of amides is 1. The lowest BCUT2D eigenvalue weighted by atomic mass is 9.93. The molecule has 98 valence electrons. The summed E-state index contributed by atoms with van der Waals surface area (Å²) in [6.07, 6.45) is 1.35. The number of hydrogen-bond donors (Lipinski definition) is 3. The van der Waals surface area contributed by atoms with Crippen molar-refractivity contribution in [3.8, 4) is 0 Å². The lowest BCUT2D eigenvalue weighted by Gasteiger charge is -2.37. The van der Waals surface area contributed by atoms with Crippen LogP contribution in [-0.2, 0) is 0 Å². The summed E-state index contributed by atoms with van der Waals surface area (Å²) < 4.78 is 0. The van der Waals surface area contributed by atoms with Crippen molar-refractivity contribution < 1.29 is 9.90 Å². The predicted octanol–water partition coefficient (Wildman–Crippen LogP) is 0.719. The van der Waals surface area contributed by atoms with Gasteiger partial charge in [-0.15, -0.1) is 0 Å². The van der Waals surface area contributed by atoms with E-state index in [0.29, 0.717) is 37.2 Å². The molecule has 2 rings (SSSR count). The molecule has 1 aromatic rings. The molecule has 0 radical (unpaired) electrons. The summed E-state index contributed by atoms with van der Waals surface area (Å²) in [4.78, 5) is 13.5. The molecule has 5 nitrogen and oxygen atoms in total. The van der Waals surface area contributed by atoms with Crippen molar-refractivity contribution in [3.63, 3.8) is 0 Å². The van der Waals surface area contributed by atoms with Crippen LogP contribution in [0.3, 0.4) is 0 Å². The van der Waals surface area contributed by atoms with Crippen LogP contribution in [0, 0.1) is 0 Å². The first-order valence-corrected chi connectivity index (χ1v) is 6.06. The molecule has 1 saturated heterocycles. The molecule has 1 amide bonds. The number of nitrogens with zero attached hydrogens (tertiary/aromatic N) is 1. The summed E-state index contributed by atoms with van der Waals surface area (Å²) in [5.41, 5.74) is 12.2. The Kier molecular flexibility index (Phi) is 3.17. The number of nitrogen functional groups attached to an aromatic ring is 1. The Morgan fingerprint density at radius 3 is 2.56 bits per heavy atom. The number of aliphatic hydroxyl groups is 1. The number of hydrogen-bond acceptors (Lipinski definition) is 4. The van der Waals surface area contributed by atoms with Crippen molar-refractivity contribution >= 4 is 17.3 Å². The molecule has 0 bridgehead atoms. The maximum Gasteiger partial charge on any atom is 0.250 e. The molecule has 0 saturated carbocycles. The lowest BCUT2D eigenvalue weighted by molar-refractivity contribution is 0.0351. The third kappa shape index (κ3) is 2.56. The monoisotopic (exact) mass is 249 g/mol. The molecule has 1 aliphatic heterocycles. The van der Waals surface area contributed by atoms with E-state index in [2.05, 4.69) is 4.90 Å². The van der Waals surface area contributed by atoms with E-state index in [-0.39, 0.29) is 0 Å². The van der Waals surface area contributed by atoms with Crippen LogP contribution in [0.15, 0.2) is 18.2 Å². The Hall–Kier alpha value is -1.75. The van der Waals surface area contributed by atoms with Gasteiger partial charge in [0.15, 0.2) is 0 Å². The minimum Gasteiger partial charge on any atom is -0.399 e. The van der Waals surface area contributed by atoms with Crippen molar-refractivity contribution in [3.05, 3.63) is 23.8 Å². The molecule has 1 aliphatic rings. The summed E-state index contributed by atoms with van der Waals surface area (Å²) in [7, 11) is 0. The number of piperidine rings is 1. The topological polar surface area (TPSA) is 92.6 Å². The average Bonchev–Trinajstić information content (AvgIpc) is 2.29. The van der Waals surface area contributed by atoms with Gasteiger partial charge in [0.2, 0.25) is 0 Å². The molecular formula is C13H19N3O2. The van der Waals surface area contributed by atoms with Crippen LogP contribution in [0.5, 0.6) is 0 Å². The number of benzene rings is 1. The van der Waals surface area contributed by atoms with E-state index in [4.69, 9.17) is 11.5 Å². The van der Waals surface area contributed by atoms with Crippen LogP contribution in [-0.4, -0.2) is 29.7 Å². The third-order valence-corrected chi connectivity index (χ3v) is 3.47. The van der Waals surface area contributed by atoms with Crippen LogP contribution in [0.25, 0.3) is 0 Å². The van der Waals surface area contributed by atoms with Crippen molar-refractivity contribution in [2.45, 2.75) is 25.4 Å². The van der Waals surface area contributed by atoms with Crippen molar-refractivity contribution in [2.24, 2.45) is 5.73 Å². The fraction of sp³-hybridized carbons (Fsp3) is 0.462. The van der Waals surface area contributed by atoms with Gasteiger partial charge in [0.1, 0.15) is 0 Å². The smallest absolute Gasteiger partial charge is 0.250 e. The minimum absolute atomic E-state index is 0.441. The first-order valence-electron chi connectivity index (χ1n) is 6.06. The second kappa shape index (κ2) is 4.49. The van der Waals surface area contributed by atoms with Gasteiger partial charge in [-0.05, 0) is 38.0 Å². The Bertz CT molecular complexity index is 461. The van der Waals surface area contributed by atoms with Crippen LogP contribution >= 0.6 is 0 Å². The number of primary amides is 1. The first-order chi connectivity index (χ1) is 8.39. The van der Waals surface area contributed by atoms with E-state index in [1.54, 1.807) is 12.1 Å². The van der Waals surface area contributed by atoms with Gasteiger partial charge in [0.05, 0.1) is 11.2 Å². The fourth-order valence-electron chi connectivity index (χ4n) is 2.26. The highest BCUT2D eigenvalue weighted by Gasteiger charge is 2.28. The first kappa shape index (κ1) is 12.7. The summed E-state index contributed by atoms with van der Waals surface area (Å²) in [6.45, 7) is 3.25. The van der Waals surface area contributed by atoms with Crippen LogP contribution in [0.4, 0.5) is 11.4 Å². The Labute approximate surface area is 106 Å². The van der Waals surface area contributed by atoms with E-state index in [9.17, 15) is 9.90 Å². The maximum atomic E-state index is 11.4. The number of carbonyl (C=O) groups is 1. The fourth-order valence-corrected chi connectivity index (χ4v) is 2.26. The van der Waals surface area contributed by atoms with Crippen molar-refractivity contribution in [2.75, 3.05) is 23.7 Å². The molecule has 1 heterocycles. The van der Waals surface area contributed by atoms with E-state index in [1.807, 2.05) is 13.0 Å². The van der Waals surface area contributed by atoms with Gasteiger partial charge in [-0.1, -0.05) is 0 Å². The summed E-state index contributed by atoms with van der Waals surface area (Å²) >= 11 is 0. The molecule has 0 aliphatic carbocycles. The van der Waals surface area contributed by atoms with E-state index in [0.717, 1.165) is 5.69 Å². The number of rotatable bonds is 2. The summed E-state index contributed by atoms with van der Waals surface area (Å²) in [5, 5.41) is 9.92. The molecule has 5 N–H and O–H groups in total. The van der Waals surface area contributed by atoms with Crippen molar-refractivity contribution in [1.82, 2.24) is 0 Å². The van der Waals surface area contributed by atoms with Gasteiger partial charge in [-0.3, -0.25) is 4.79 Å². The van der Waals surface area contributed by atoms with Crippen molar-refractivity contribution in [1.29, 1.82) is 0 Å². The molecule has 1 aromatic carbocycles. The molecule has 0 spiro atoms. The summed E-state index contributed by atoms with van der Waals surface area (Å²) in [6, 6.07) is 5.17. The van der Waals surface area contributed by atoms with Crippen LogP contribution < -0.4 is 16.4 Å². The predicted molar refractivity (Wildman–Crippen MR) is 71.4 cm³/mol. The highest BCUT2D eigenvalue weighted by atomic mass is 16.3. The van der Waals surface area contributed by atoms with Crippen LogP contribution in [0.2, 0.25) is 0 Å². The zero-order valence-electron chi connectivity index (χ0n) is 10.5. The SMILES string of the molecule is CC1(O)CCN(c2ccc(N)cc2C(N)=O)CC1. The zero-order valence-corrected chi connectivity index (χ0v) is 10.5. The maximum absolute atomic E-state index is 11.4. The molecule has 1 fully saturated rings. The van der Waals surface area contributed by atoms with Gasteiger partial charge >= 0.3 is 0 Å². The van der Waals surface area contributed by atoms with Crippen LogP contribution in [0.1, 0.15) is 30.1 Å². The van der Waals surface area contributed by atoms with E-state index in [1.165, 1.54) is 0 Å². The van der Waals surface area contributed by atoms with E-state index >= 15 is 0 Å². The second-order valence-corrected chi connectivity index (χ2v) is 5.12. The molecular weight excluding hydrogens is 230 g/mol. The highest BCUT2D eigenvalue weighted by Crippen LogP contribution is 2.29. The van der Waals surface area contributed by atoms with Gasteiger partial charge in [0.25, 0.3) is 5.91 Å². The molecule has 5 heteroatoms. The quantitative estimate of drug-likeness (QED) is 0.673. The Balaban J connectivity index is 2.26.